The molecule has 1 unspecified atom stereocenters. The average Bonchev–Trinajstić information content (AvgIpc) is 2.26. The van der Waals surface area contributed by atoms with Crippen molar-refractivity contribution in [3.8, 4) is 0 Å². The van der Waals surface area contributed by atoms with Gasteiger partial charge in [-0.25, -0.2) is 9.18 Å². The van der Waals surface area contributed by atoms with Crippen LogP contribution in [0.25, 0.3) is 0 Å². The average molecular weight is 380 g/mol. The van der Waals surface area contributed by atoms with Crippen LogP contribution in [0.3, 0.4) is 0 Å². The summed E-state index contributed by atoms with van der Waals surface area (Å²) in [5.74, 6) is -3.43. The summed E-state index contributed by atoms with van der Waals surface area (Å²) >= 11 is 1.75. The maximum absolute atomic E-state index is 12.9. The molecule has 102 valence electrons. The van der Waals surface area contributed by atoms with E-state index in [9.17, 15) is 18.8 Å². The Morgan fingerprint density at radius 3 is 2.53 bits per heavy atom. The van der Waals surface area contributed by atoms with Crippen molar-refractivity contribution < 1.29 is 23.9 Å². The van der Waals surface area contributed by atoms with Crippen LogP contribution in [0.1, 0.15) is 16.8 Å². The van der Waals surface area contributed by atoms with Gasteiger partial charge in [0.15, 0.2) is 0 Å². The van der Waals surface area contributed by atoms with Crippen molar-refractivity contribution >= 4 is 40.4 Å². The van der Waals surface area contributed by atoms with E-state index < -0.39 is 36.1 Å². The predicted molar refractivity (Wildman–Crippen MR) is 71.8 cm³/mol. The number of nitrogens with one attached hydrogen (secondary N) is 1. The Kier molecular flexibility index (Phi) is 5.21. The number of amides is 2. The molecule has 1 rings (SSSR count). The third-order valence-electron chi connectivity index (χ3n) is 2.18. The summed E-state index contributed by atoms with van der Waals surface area (Å²) in [6.07, 6.45) is -0.515. The number of aliphatic carboxylic acids is 1. The maximum Gasteiger partial charge on any atom is 0.326 e. The fourth-order valence-electron chi connectivity index (χ4n) is 1.31. The van der Waals surface area contributed by atoms with Crippen LogP contribution in [-0.2, 0) is 9.59 Å². The molecule has 6 nitrogen and oxygen atoms in total. The van der Waals surface area contributed by atoms with E-state index in [0.717, 1.165) is 12.1 Å². The second kappa shape index (κ2) is 6.45. The Hall–Kier alpha value is -1.71. The number of benzene rings is 1. The van der Waals surface area contributed by atoms with Gasteiger partial charge in [-0.1, -0.05) is 0 Å². The van der Waals surface area contributed by atoms with Gasteiger partial charge in [-0.05, 0) is 40.8 Å². The summed E-state index contributed by atoms with van der Waals surface area (Å²) in [6.45, 7) is 0. The molecular weight excluding hydrogens is 370 g/mol. The highest BCUT2D eigenvalue weighted by molar-refractivity contribution is 14.1. The van der Waals surface area contributed by atoms with Gasteiger partial charge in [-0.15, -0.1) is 0 Å². The molecule has 0 spiro atoms. The van der Waals surface area contributed by atoms with Crippen molar-refractivity contribution in [2.24, 2.45) is 5.73 Å². The van der Waals surface area contributed by atoms with Crippen molar-refractivity contribution in [3.63, 3.8) is 0 Å². The van der Waals surface area contributed by atoms with Gasteiger partial charge in [0, 0.05) is 3.57 Å². The van der Waals surface area contributed by atoms with Crippen LogP contribution in [0, 0.1) is 9.39 Å². The first-order valence-corrected chi connectivity index (χ1v) is 6.16. The Labute approximate surface area is 121 Å². The molecule has 0 saturated heterocycles. The van der Waals surface area contributed by atoms with Gasteiger partial charge >= 0.3 is 5.97 Å². The molecule has 1 aromatic carbocycles. The van der Waals surface area contributed by atoms with Gasteiger partial charge in [0.2, 0.25) is 5.91 Å². The Morgan fingerprint density at radius 1 is 1.42 bits per heavy atom. The van der Waals surface area contributed by atoms with Gasteiger partial charge in [0.1, 0.15) is 11.9 Å². The highest BCUT2D eigenvalue weighted by Crippen LogP contribution is 2.14. The van der Waals surface area contributed by atoms with E-state index >= 15 is 0 Å². The lowest BCUT2D eigenvalue weighted by Gasteiger charge is -2.13. The number of nitrogens with two attached hydrogens (primary N) is 1. The van der Waals surface area contributed by atoms with Crippen molar-refractivity contribution in [3.05, 3.63) is 33.1 Å². The van der Waals surface area contributed by atoms with Crippen LogP contribution < -0.4 is 11.1 Å². The minimum atomic E-state index is -1.41. The van der Waals surface area contributed by atoms with Crippen molar-refractivity contribution in [2.75, 3.05) is 0 Å². The molecular formula is C11H10FIN2O4. The van der Waals surface area contributed by atoms with Gasteiger partial charge in [-0.2, -0.15) is 0 Å². The molecule has 2 amide bonds. The Bertz CT molecular complexity index is 535. The zero-order valence-electron chi connectivity index (χ0n) is 9.52. The molecule has 8 heteroatoms. The molecule has 0 heterocycles. The number of hydrogen-bond acceptors (Lipinski definition) is 3. The number of carbonyl (C=O) groups excluding carboxylic acids is 2. The number of hydrogen-bond donors (Lipinski definition) is 3. The minimum Gasteiger partial charge on any atom is -0.480 e. The van der Waals surface area contributed by atoms with E-state index in [0.29, 0.717) is 3.57 Å². The molecule has 1 aromatic rings. The lowest BCUT2D eigenvalue weighted by Crippen LogP contribution is -2.43. The molecule has 0 fully saturated rings. The van der Waals surface area contributed by atoms with Crippen molar-refractivity contribution in [2.45, 2.75) is 12.5 Å². The molecule has 0 radical (unpaired) electrons. The van der Waals surface area contributed by atoms with E-state index in [-0.39, 0.29) is 5.56 Å². The molecule has 0 aromatic heterocycles. The molecule has 0 aliphatic heterocycles. The number of carbonyl (C=O) groups is 3. The highest BCUT2D eigenvalue weighted by Gasteiger charge is 2.23. The van der Waals surface area contributed by atoms with Crippen LogP contribution in [0.5, 0.6) is 0 Å². The van der Waals surface area contributed by atoms with Crippen LogP contribution in [0.2, 0.25) is 0 Å². The zero-order valence-corrected chi connectivity index (χ0v) is 11.7. The smallest absolute Gasteiger partial charge is 0.326 e. The zero-order chi connectivity index (χ0) is 14.6. The Balaban J connectivity index is 2.87. The van der Waals surface area contributed by atoms with Gasteiger partial charge in [0.05, 0.1) is 12.0 Å². The minimum absolute atomic E-state index is 0.123. The molecule has 0 bridgehead atoms. The molecule has 4 N–H and O–H groups in total. The van der Waals surface area contributed by atoms with Crippen LogP contribution in [0.4, 0.5) is 4.39 Å². The van der Waals surface area contributed by atoms with Crippen LogP contribution in [-0.4, -0.2) is 28.9 Å². The number of rotatable bonds is 5. The van der Waals surface area contributed by atoms with Crippen molar-refractivity contribution in [1.29, 1.82) is 0 Å². The SMILES string of the molecule is NC(=O)CC(NC(=O)c1ccc(F)cc1I)C(=O)O. The quantitative estimate of drug-likeness (QED) is 0.646. The molecule has 0 aliphatic rings. The van der Waals surface area contributed by atoms with E-state index in [2.05, 4.69) is 5.32 Å². The fourth-order valence-corrected chi connectivity index (χ4v) is 2.03. The highest BCUT2D eigenvalue weighted by atomic mass is 127. The second-order valence-electron chi connectivity index (χ2n) is 3.66. The first-order valence-electron chi connectivity index (χ1n) is 5.08. The fraction of sp³-hybridized carbons (Fsp3) is 0.182. The summed E-state index contributed by atoms with van der Waals surface area (Å²) in [5, 5.41) is 11.0. The monoisotopic (exact) mass is 380 g/mol. The van der Waals surface area contributed by atoms with Crippen molar-refractivity contribution in [1.82, 2.24) is 5.32 Å². The normalized spacial score (nSPS) is 11.7. The number of carboxylic acids is 1. The van der Waals surface area contributed by atoms with Crippen LogP contribution in [0.15, 0.2) is 18.2 Å². The van der Waals surface area contributed by atoms with Crippen LogP contribution >= 0.6 is 22.6 Å². The molecule has 0 aliphatic carbocycles. The summed E-state index contributed by atoms with van der Waals surface area (Å²) in [5.41, 5.74) is 5.01. The van der Waals surface area contributed by atoms with E-state index in [1.54, 1.807) is 22.6 Å². The predicted octanol–water partition coefficient (Wildman–Crippen LogP) is 0.489. The summed E-state index contributed by atoms with van der Waals surface area (Å²) in [4.78, 5) is 33.4. The molecule has 1 atom stereocenters. The maximum atomic E-state index is 12.9. The number of primary amides is 1. The van der Waals surface area contributed by atoms with E-state index in [1.807, 2.05) is 0 Å². The standard InChI is InChI=1S/C11H10FIN2O4/c12-5-1-2-6(7(13)3-5)10(17)15-8(11(18)19)4-9(14)16/h1-3,8H,4H2,(H2,14,16)(H,15,17)(H,18,19). The largest absolute Gasteiger partial charge is 0.480 e. The number of carboxylic acid groups (broad SMARTS) is 1. The summed E-state index contributed by atoms with van der Waals surface area (Å²) < 4.78 is 13.2. The second-order valence-corrected chi connectivity index (χ2v) is 4.82. The third kappa shape index (κ3) is 4.47. The molecule has 19 heavy (non-hydrogen) atoms. The van der Waals surface area contributed by atoms with Gasteiger partial charge in [0.25, 0.3) is 5.91 Å². The number of halogens is 2. The topological polar surface area (TPSA) is 109 Å². The van der Waals surface area contributed by atoms with Gasteiger partial charge < -0.3 is 16.2 Å². The first kappa shape index (κ1) is 15.3. The Morgan fingerprint density at radius 2 is 2.05 bits per heavy atom. The summed E-state index contributed by atoms with van der Waals surface area (Å²) in [7, 11) is 0. The van der Waals surface area contributed by atoms with Gasteiger partial charge in [-0.3, -0.25) is 9.59 Å². The lowest BCUT2D eigenvalue weighted by molar-refractivity contribution is -0.140. The summed E-state index contributed by atoms with van der Waals surface area (Å²) in [6, 6.07) is 2.04. The first-order chi connectivity index (χ1) is 8.81. The third-order valence-corrected chi connectivity index (χ3v) is 3.08. The lowest BCUT2D eigenvalue weighted by atomic mass is 10.1. The van der Waals surface area contributed by atoms with E-state index in [1.165, 1.54) is 6.07 Å². The van der Waals surface area contributed by atoms with E-state index in [4.69, 9.17) is 10.8 Å². The molecule has 0 saturated carbocycles.